The summed E-state index contributed by atoms with van der Waals surface area (Å²) in [5, 5.41) is 12.2. The summed E-state index contributed by atoms with van der Waals surface area (Å²) in [5.74, 6) is -1.08. The van der Waals surface area contributed by atoms with Crippen molar-refractivity contribution in [3.63, 3.8) is 0 Å². The lowest BCUT2D eigenvalue weighted by Gasteiger charge is -2.23. The number of amides is 1. The Kier molecular flexibility index (Phi) is 6.83. The van der Waals surface area contributed by atoms with Crippen LogP contribution < -0.4 is 9.64 Å². The molecule has 4 heterocycles. The van der Waals surface area contributed by atoms with Gasteiger partial charge in [0.05, 0.1) is 34.1 Å². The molecule has 1 aliphatic heterocycles. The first-order valence-corrected chi connectivity index (χ1v) is 14.5. The van der Waals surface area contributed by atoms with Crippen LogP contribution in [0.15, 0.2) is 66.4 Å². The number of ketones is 1. The fourth-order valence-electron chi connectivity index (χ4n) is 5.41. The molecule has 9 heteroatoms. The Bertz CT molecular complexity index is 1850. The quantitative estimate of drug-likeness (QED) is 0.102. The predicted octanol–water partition coefficient (Wildman–Crippen LogP) is 6.67. The topological polar surface area (TPSA) is 97.0 Å². The summed E-state index contributed by atoms with van der Waals surface area (Å²) in [5.41, 5.74) is 5.07. The summed E-state index contributed by atoms with van der Waals surface area (Å²) in [6, 6.07) is 16.0. The number of aryl methyl sites for hydroxylation is 3. The predicted molar refractivity (Wildman–Crippen MR) is 161 cm³/mol. The summed E-state index contributed by atoms with van der Waals surface area (Å²) in [4.78, 5) is 38.3. The molecule has 1 amide bonds. The van der Waals surface area contributed by atoms with Gasteiger partial charge >= 0.3 is 5.91 Å². The number of Topliss-reactive ketones (excluding diaryl/α,β-unsaturated/α-hetero) is 1. The van der Waals surface area contributed by atoms with Gasteiger partial charge < -0.3 is 9.84 Å². The van der Waals surface area contributed by atoms with Crippen LogP contribution in [0.3, 0.4) is 0 Å². The molecular formula is C32H30N4O4S. The molecular weight excluding hydrogens is 536 g/mol. The van der Waals surface area contributed by atoms with Crippen LogP contribution in [0.2, 0.25) is 0 Å². The Morgan fingerprint density at radius 2 is 1.83 bits per heavy atom. The number of fused-ring (bicyclic) bond motifs is 2. The molecule has 1 N–H and O–H groups in total. The fraction of sp³-hybridized carbons (Fsp3) is 0.250. The number of imidazole rings is 1. The summed E-state index contributed by atoms with van der Waals surface area (Å²) >= 11 is 1.36. The molecule has 0 aliphatic carbocycles. The maximum Gasteiger partial charge on any atom is 0.301 e. The Balaban J connectivity index is 1.54. The first kappa shape index (κ1) is 26.7. The average molecular weight is 567 g/mol. The van der Waals surface area contributed by atoms with Crippen molar-refractivity contribution >= 4 is 49.8 Å². The highest BCUT2D eigenvalue weighted by molar-refractivity contribution is 7.22. The van der Waals surface area contributed by atoms with Crippen LogP contribution in [0.25, 0.3) is 21.6 Å². The van der Waals surface area contributed by atoms with Gasteiger partial charge in [0.1, 0.15) is 17.1 Å². The van der Waals surface area contributed by atoms with Crippen LogP contribution in [0.1, 0.15) is 53.9 Å². The third kappa shape index (κ3) is 4.56. The fourth-order valence-corrected chi connectivity index (χ4v) is 6.58. The van der Waals surface area contributed by atoms with Gasteiger partial charge in [-0.15, -0.1) is 0 Å². The number of pyridine rings is 1. The number of aromatic nitrogens is 3. The number of carbonyl (C=O) groups is 2. The number of ether oxygens (including phenoxy) is 1. The molecule has 8 nitrogen and oxygen atoms in total. The van der Waals surface area contributed by atoms with Gasteiger partial charge in [0.15, 0.2) is 10.9 Å². The number of rotatable bonds is 7. The Labute approximate surface area is 241 Å². The molecule has 5 aromatic rings. The van der Waals surface area contributed by atoms with E-state index in [0.29, 0.717) is 40.1 Å². The Morgan fingerprint density at radius 1 is 1.05 bits per heavy atom. The van der Waals surface area contributed by atoms with Crippen LogP contribution in [0.5, 0.6) is 5.75 Å². The third-order valence-electron chi connectivity index (χ3n) is 7.36. The first-order valence-electron chi connectivity index (χ1n) is 13.6. The highest BCUT2D eigenvalue weighted by Crippen LogP contribution is 2.45. The Hall–Kier alpha value is -4.50. The minimum atomic E-state index is -0.893. The number of hydrogen-bond donors (Lipinski definition) is 1. The van der Waals surface area contributed by atoms with Gasteiger partial charge in [-0.3, -0.25) is 18.9 Å². The van der Waals surface area contributed by atoms with E-state index in [9.17, 15) is 14.7 Å². The molecule has 1 aliphatic rings. The molecule has 2 aromatic carbocycles. The maximum atomic E-state index is 13.7. The van der Waals surface area contributed by atoms with E-state index in [4.69, 9.17) is 9.72 Å². The minimum Gasteiger partial charge on any atom is -0.505 e. The number of aliphatic hydroxyl groups is 1. The summed E-state index contributed by atoms with van der Waals surface area (Å²) < 4.78 is 8.50. The molecule has 0 radical (unpaired) electrons. The van der Waals surface area contributed by atoms with Crippen molar-refractivity contribution in [1.29, 1.82) is 0 Å². The van der Waals surface area contributed by atoms with E-state index < -0.39 is 17.7 Å². The zero-order valence-corrected chi connectivity index (χ0v) is 24.2. The molecule has 0 bridgehead atoms. The SMILES string of the molecule is CCCCOc1ccc(C2/C(=C(\O)c3c(C)nc4ccccn34)C(=O)C(=O)N2c2nc3c(C)cc(C)cc3s2)cc1. The van der Waals surface area contributed by atoms with E-state index in [1.807, 2.05) is 68.4 Å². The second-order valence-electron chi connectivity index (χ2n) is 10.3. The summed E-state index contributed by atoms with van der Waals surface area (Å²) in [6.07, 6.45) is 3.74. The summed E-state index contributed by atoms with van der Waals surface area (Å²) in [6.45, 7) is 8.47. The van der Waals surface area contributed by atoms with Crippen LogP contribution in [0, 0.1) is 20.8 Å². The molecule has 1 atom stereocenters. The van der Waals surface area contributed by atoms with Gasteiger partial charge in [0.25, 0.3) is 5.78 Å². The number of anilines is 1. The lowest BCUT2D eigenvalue weighted by Crippen LogP contribution is -2.29. The molecule has 208 valence electrons. The van der Waals surface area contributed by atoms with Crippen LogP contribution in [-0.2, 0) is 9.59 Å². The largest absolute Gasteiger partial charge is 0.505 e. The maximum absolute atomic E-state index is 13.7. The molecule has 0 spiro atoms. The number of thiazole rings is 1. The molecule has 41 heavy (non-hydrogen) atoms. The van der Waals surface area contributed by atoms with Crippen LogP contribution in [-0.4, -0.2) is 37.8 Å². The van der Waals surface area contributed by atoms with E-state index in [2.05, 4.69) is 11.9 Å². The van der Waals surface area contributed by atoms with Crippen LogP contribution in [0.4, 0.5) is 5.13 Å². The number of unbranched alkanes of at least 4 members (excludes halogenated alkanes) is 1. The van der Waals surface area contributed by atoms with E-state index in [0.717, 1.165) is 34.2 Å². The molecule has 3 aromatic heterocycles. The number of hydrogen-bond acceptors (Lipinski definition) is 7. The Morgan fingerprint density at radius 3 is 2.59 bits per heavy atom. The summed E-state index contributed by atoms with van der Waals surface area (Å²) in [7, 11) is 0. The van der Waals surface area contributed by atoms with Crippen molar-refractivity contribution in [2.45, 2.75) is 46.6 Å². The number of carbonyl (C=O) groups excluding carboxylic acids is 2. The smallest absolute Gasteiger partial charge is 0.301 e. The number of aliphatic hydroxyl groups excluding tert-OH is 1. The third-order valence-corrected chi connectivity index (χ3v) is 8.36. The van der Waals surface area contributed by atoms with Gasteiger partial charge in [-0.1, -0.05) is 48.9 Å². The molecule has 1 saturated heterocycles. The van der Waals surface area contributed by atoms with E-state index in [1.165, 1.54) is 16.2 Å². The standard InChI is InChI=1S/C32H30N4O4S/c1-5-6-15-40-22-12-10-21(11-13-22)28-25(29(37)27-20(4)33-24-9-7-8-14-35(24)27)30(38)31(39)36(28)32-34-26-19(3)16-18(2)17-23(26)41-32/h7-14,16-17,28,37H,5-6,15H2,1-4H3/b29-25+. The zero-order valence-electron chi connectivity index (χ0n) is 23.3. The second kappa shape index (κ2) is 10.5. The van der Waals surface area contributed by atoms with Gasteiger partial charge in [0, 0.05) is 6.20 Å². The van der Waals surface area contributed by atoms with Crippen molar-refractivity contribution in [3.05, 3.63) is 94.4 Å². The lowest BCUT2D eigenvalue weighted by molar-refractivity contribution is -0.132. The van der Waals surface area contributed by atoms with Crippen molar-refractivity contribution in [2.75, 3.05) is 11.5 Å². The van der Waals surface area contributed by atoms with Gasteiger partial charge in [-0.2, -0.15) is 0 Å². The molecule has 1 unspecified atom stereocenters. The second-order valence-corrected chi connectivity index (χ2v) is 11.3. The monoisotopic (exact) mass is 566 g/mol. The van der Waals surface area contributed by atoms with Crippen molar-refractivity contribution in [1.82, 2.24) is 14.4 Å². The zero-order chi connectivity index (χ0) is 28.8. The number of benzene rings is 2. The molecule has 0 saturated carbocycles. The normalized spacial score (nSPS) is 16.8. The van der Waals surface area contributed by atoms with Crippen molar-refractivity contribution < 1.29 is 19.4 Å². The van der Waals surface area contributed by atoms with E-state index in [-0.39, 0.29) is 11.3 Å². The van der Waals surface area contributed by atoms with Gasteiger partial charge in [-0.05, 0) is 74.2 Å². The lowest BCUT2D eigenvalue weighted by atomic mass is 9.96. The van der Waals surface area contributed by atoms with E-state index in [1.54, 1.807) is 17.5 Å². The van der Waals surface area contributed by atoms with Crippen LogP contribution >= 0.6 is 11.3 Å². The average Bonchev–Trinajstić information content (AvgIpc) is 3.60. The molecule has 1 fully saturated rings. The first-order chi connectivity index (χ1) is 19.8. The van der Waals surface area contributed by atoms with Gasteiger partial charge in [0.2, 0.25) is 0 Å². The van der Waals surface area contributed by atoms with Crippen molar-refractivity contribution in [3.8, 4) is 5.75 Å². The van der Waals surface area contributed by atoms with E-state index >= 15 is 0 Å². The highest BCUT2D eigenvalue weighted by atomic mass is 32.1. The molecule has 6 rings (SSSR count). The minimum absolute atomic E-state index is 0.00411. The highest BCUT2D eigenvalue weighted by Gasteiger charge is 2.48. The number of nitrogens with zero attached hydrogens (tertiary/aromatic N) is 4. The van der Waals surface area contributed by atoms with Gasteiger partial charge in [-0.25, -0.2) is 9.97 Å². The van der Waals surface area contributed by atoms with Crippen molar-refractivity contribution in [2.24, 2.45) is 0 Å².